The molecule has 0 radical (unpaired) electrons. The summed E-state index contributed by atoms with van der Waals surface area (Å²) in [5.74, 6) is -1.06. The molecule has 424 valence electrons. The molecule has 0 N–H and O–H groups in total. The maximum Gasteiger partial charge on any atom is 0.417 e. The van der Waals surface area contributed by atoms with Crippen molar-refractivity contribution in [2.75, 3.05) is 79.5 Å². The fraction of sp³-hybridized carbons (Fsp3) is 0.491. The van der Waals surface area contributed by atoms with Gasteiger partial charge in [0.2, 0.25) is 11.8 Å². The minimum Gasteiger partial charge on any atom is -0.340 e. The van der Waals surface area contributed by atoms with Crippen molar-refractivity contribution in [2.24, 2.45) is 17.8 Å². The average Bonchev–Trinajstić information content (AvgIpc) is 4.09. The molecule has 4 atom stereocenters. The zero-order chi connectivity index (χ0) is 57.1. The van der Waals surface area contributed by atoms with Crippen molar-refractivity contribution in [1.82, 2.24) is 29.4 Å². The van der Waals surface area contributed by atoms with E-state index in [4.69, 9.17) is 63.3 Å². The van der Waals surface area contributed by atoms with Gasteiger partial charge in [0.25, 0.3) is 11.8 Å². The van der Waals surface area contributed by atoms with E-state index in [0.717, 1.165) is 86.9 Å². The van der Waals surface area contributed by atoms with Crippen molar-refractivity contribution in [1.29, 1.82) is 5.26 Å². The van der Waals surface area contributed by atoms with Crippen molar-refractivity contribution in [3.8, 4) is 6.07 Å². The van der Waals surface area contributed by atoms with Crippen LogP contribution in [0.25, 0.3) is 0 Å². The molecule has 4 aliphatic heterocycles. The Hall–Kier alpha value is -4.80. The van der Waals surface area contributed by atoms with E-state index in [1.165, 1.54) is 34.8 Å². The summed E-state index contributed by atoms with van der Waals surface area (Å²) >= 11 is 30.1. The Labute approximate surface area is 481 Å². The molecule has 4 amide bonds. The van der Waals surface area contributed by atoms with Crippen LogP contribution in [0.1, 0.15) is 99.8 Å². The highest BCUT2D eigenvalue weighted by molar-refractivity contribution is 6.42. The van der Waals surface area contributed by atoms with Gasteiger partial charge < -0.3 is 29.4 Å². The van der Waals surface area contributed by atoms with Gasteiger partial charge in [-0.3, -0.25) is 19.2 Å². The molecule has 5 fully saturated rings. The number of amides is 4. The Morgan fingerprint density at radius 3 is 1.42 bits per heavy atom. The summed E-state index contributed by atoms with van der Waals surface area (Å²) in [4.78, 5) is 65.2. The lowest BCUT2D eigenvalue weighted by molar-refractivity contribution is -0.138. The molecular formula is C57H60Cl5F6N7O4. The summed E-state index contributed by atoms with van der Waals surface area (Å²) in [5, 5.41) is 9.17. The number of carbonyl (C=O) groups is 4. The number of likely N-dealkylation sites (N-methyl/N-ethyl adjacent to an activating group) is 2. The molecule has 11 nitrogen and oxygen atoms in total. The first kappa shape index (κ1) is 60.3. The Balaban J connectivity index is 0.000000208. The quantitative estimate of drug-likeness (QED) is 0.130. The normalized spacial score (nSPS) is 21.6. The molecule has 0 aromatic heterocycles. The lowest BCUT2D eigenvalue weighted by atomic mass is 9.93. The van der Waals surface area contributed by atoms with Gasteiger partial charge in [-0.2, -0.15) is 31.6 Å². The number of likely N-dealkylation sites (tertiary alicyclic amines) is 4. The van der Waals surface area contributed by atoms with E-state index >= 15 is 0 Å². The van der Waals surface area contributed by atoms with E-state index in [-0.39, 0.29) is 59.7 Å². The molecule has 4 saturated heterocycles. The number of nitrogens with zero attached hydrogens (tertiary/aromatic N) is 7. The molecule has 79 heavy (non-hydrogen) atoms. The van der Waals surface area contributed by atoms with Crippen molar-refractivity contribution < 1.29 is 45.5 Å². The van der Waals surface area contributed by atoms with Gasteiger partial charge in [-0.05, 0) is 142 Å². The van der Waals surface area contributed by atoms with Crippen molar-refractivity contribution in [2.45, 2.75) is 81.2 Å². The SMILES string of the molecule is CN(C(=O)c1ccc(Cl)c(C(F)(F)F)c1)C1CN(C(=O)C2CCN(CC3CC3)CC2)CC1c1ccc(Cl)c(Cl)c1.CN(C(=O)c1ccc(Cl)c(C(F)(F)F)c1)C1CN(C(=O)C2CCN(CCC#N)CC2)CC1c1ccc(Cl)cc1. The van der Waals surface area contributed by atoms with Gasteiger partial charge >= 0.3 is 12.4 Å². The highest BCUT2D eigenvalue weighted by Gasteiger charge is 2.45. The molecule has 4 aromatic carbocycles. The van der Waals surface area contributed by atoms with Crippen LogP contribution in [-0.2, 0) is 21.9 Å². The van der Waals surface area contributed by atoms with E-state index < -0.39 is 57.4 Å². The highest BCUT2D eigenvalue weighted by Crippen LogP contribution is 2.41. The first-order valence-electron chi connectivity index (χ1n) is 26.3. The second-order valence-electron chi connectivity index (χ2n) is 21.3. The Bertz CT molecular complexity index is 2910. The lowest BCUT2D eigenvalue weighted by Crippen LogP contribution is -2.44. The number of nitriles is 1. The second kappa shape index (κ2) is 25.6. The zero-order valence-corrected chi connectivity index (χ0v) is 47.3. The van der Waals surface area contributed by atoms with Crippen LogP contribution in [0.5, 0.6) is 0 Å². The lowest BCUT2D eigenvalue weighted by Gasteiger charge is -2.33. The average molecular weight is 1200 g/mol. The van der Waals surface area contributed by atoms with Crippen molar-refractivity contribution >= 4 is 81.6 Å². The minimum atomic E-state index is -4.70. The Morgan fingerprint density at radius 1 is 0.557 bits per heavy atom. The molecule has 1 saturated carbocycles. The highest BCUT2D eigenvalue weighted by atomic mass is 35.5. The third-order valence-corrected chi connectivity index (χ3v) is 17.8. The van der Waals surface area contributed by atoms with Crippen molar-refractivity contribution in [3.63, 3.8) is 0 Å². The van der Waals surface area contributed by atoms with Crippen LogP contribution >= 0.6 is 58.0 Å². The summed E-state index contributed by atoms with van der Waals surface area (Å²) in [5.41, 5.74) is -0.690. The van der Waals surface area contributed by atoms with Crippen LogP contribution < -0.4 is 0 Å². The minimum absolute atomic E-state index is 0.0168. The largest absolute Gasteiger partial charge is 0.417 e. The van der Waals surface area contributed by atoms with E-state index in [2.05, 4.69) is 15.9 Å². The summed E-state index contributed by atoms with van der Waals surface area (Å²) < 4.78 is 80.7. The predicted octanol–water partition coefficient (Wildman–Crippen LogP) is 12.6. The number of piperidine rings is 2. The van der Waals surface area contributed by atoms with Gasteiger partial charge in [0.15, 0.2) is 0 Å². The van der Waals surface area contributed by atoms with Gasteiger partial charge in [-0.1, -0.05) is 76.2 Å². The molecule has 4 aromatic rings. The number of hydrogen-bond donors (Lipinski definition) is 0. The standard InChI is InChI=1S/C29H31Cl3F3N3O2.C28H29Cl2F3N4O2/c1-36(27(39)20-5-6-23(30)22(12-20)29(33,34)35)26-16-38(15-21(26)19-4-7-24(31)25(32)13-19)28(40)18-8-10-37(11-9-18)14-17-2-3-17;1-35(26(38)20-5-8-24(30)23(15-20)28(31,32)33)25-17-37(16-22(25)18-3-6-21(29)7-4-18)27(39)19-9-13-36(14-10-19)12-2-11-34/h4-7,12-13,17-18,21,26H,2-3,8-11,14-16H2,1H3;3-8,15,19,22,25H,2,9-10,12-14,16-17H2,1H3. The number of halogens is 11. The molecule has 0 spiro atoms. The smallest absolute Gasteiger partial charge is 0.340 e. The van der Waals surface area contributed by atoms with Gasteiger partial charge in [-0.15, -0.1) is 0 Å². The molecule has 22 heteroatoms. The monoisotopic (exact) mass is 1200 g/mol. The molecular weight excluding hydrogens is 1140 g/mol. The van der Waals surface area contributed by atoms with Crippen LogP contribution in [0.4, 0.5) is 26.3 Å². The molecule has 1 aliphatic carbocycles. The summed E-state index contributed by atoms with van der Waals surface area (Å²) in [7, 11) is 3.11. The first-order valence-corrected chi connectivity index (χ1v) is 28.2. The number of hydrogen-bond acceptors (Lipinski definition) is 7. The number of alkyl halides is 6. The maximum absolute atomic E-state index is 13.7. The predicted molar refractivity (Wildman–Crippen MR) is 293 cm³/mol. The number of carbonyl (C=O) groups excluding carboxylic acids is 4. The van der Waals surface area contributed by atoms with Crippen LogP contribution in [0.15, 0.2) is 78.9 Å². The van der Waals surface area contributed by atoms with E-state index in [0.29, 0.717) is 54.0 Å². The number of benzene rings is 4. The Morgan fingerprint density at radius 2 is 0.987 bits per heavy atom. The summed E-state index contributed by atoms with van der Waals surface area (Å²) in [6.45, 7) is 6.38. The topological polar surface area (TPSA) is 112 Å². The summed E-state index contributed by atoms with van der Waals surface area (Å²) in [6, 6.07) is 19.9. The van der Waals surface area contributed by atoms with Crippen LogP contribution in [-0.4, -0.2) is 145 Å². The third-order valence-electron chi connectivity index (χ3n) is 16.2. The number of rotatable bonds is 12. The molecule has 0 bridgehead atoms. The fourth-order valence-electron chi connectivity index (χ4n) is 11.4. The third kappa shape index (κ3) is 14.6. The van der Waals surface area contributed by atoms with Crippen LogP contribution in [0, 0.1) is 29.1 Å². The summed E-state index contributed by atoms with van der Waals surface area (Å²) in [6.07, 6.45) is -3.37. The molecule has 5 aliphatic rings. The first-order chi connectivity index (χ1) is 37.4. The Kier molecular flexibility index (Phi) is 19.5. The van der Waals surface area contributed by atoms with Crippen molar-refractivity contribution in [3.05, 3.63) is 137 Å². The van der Waals surface area contributed by atoms with Gasteiger partial charge in [-0.25, -0.2) is 0 Å². The van der Waals surface area contributed by atoms with Gasteiger partial charge in [0, 0.05) is 99.6 Å². The molecule has 9 rings (SSSR count). The van der Waals surface area contributed by atoms with Crippen LogP contribution in [0.2, 0.25) is 25.1 Å². The maximum atomic E-state index is 13.7. The van der Waals surface area contributed by atoms with E-state index in [1.54, 1.807) is 48.2 Å². The second-order valence-corrected chi connectivity index (χ2v) is 23.4. The van der Waals surface area contributed by atoms with E-state index in [1.807, 2.05) is 18.2 Å². The van der Waals surface area contributed by atoms with Crippen LogP contribution in [0.3, 0.4) is 0 Å². The molecule has 4 heterocycles. The van der Waals surface area contributed by atoms with Gasteiger partial charge in [0.1, 0.15) is 0 Å². The molecule has 4 unspecified atom stereocenters. The zero-order valence-electron chi connectivity index (χ0n) is 43.5. The van der Waals surface area contributed by atoms with E-state index in [9.17, 15) is 45.5 Å². The van der Waals surface area contributed by atoms with Gasteiger partial charge in [0.05, 0.1) is 49.4 Å². The fourth-order valence-corrected chi connectivity index (χ4v) is 12.3.